The molecule has 1 fully saturated rings. The molecule has 0 saturated carbocycles. The van der Waals surface area contributed by atoms with Crippen LogP contribution in [-0.2, 0) is 14.8 Å². The number of rotatable bonds is 3. The number of hydrogen-bond acceptors (Lipinski definition) is 4. The summed E-state index contributed by atoms with van der Waals surface area (Å²) in [5.41, 5.74) is 4.21. The fourth-order valence-corrected chi connectivity index (χ4v) is 5.24. The second-order valence-electron chi connectivity index (χ2n) is 7.06. The van der Waals surface area contributed by atoms with Crippen LogP contribution in [0, 0.1) is 26.7 Å². The normalized spacial score (nSPS) is 18.6. The maximum absolute atomic E-state index is 12.7. The highest BCUT2D eigenvalue weighted by Gasteiger charge is 2.42. The third-order valence-corrected chi connectivity index (χ3v) is 6.49. The highest BCUT2D eigenvalue weighted by molar-refractivity contribution is 7.94. The lowest BCUT2D eigenvalue weighted by Gasteiger charge is -2.17. The van der Waals surface area contributed by atoms with Crippen molar-refractivity contribution >= 4 is 33.2 Å². The molecule has 142 valence electrons. The summed E-state index contributed by atoms with van der Waals surface area (Å²) < 4.78 is 25.4. The molecule has 7 heteroatoms. The fraction of sp³-hybridized carbons (Fsp3) is 0.300. The summed E-state index contributed by atoms with van der Waals surface area (Å²) in [4.78, 5) is 25.0. The lowest BCUT2D eigenvalue weighted by molar-refractivity contribution is -0.119. The number of benzene rings is 2. The maximum atomic E-state index is 12.7. The van der Waals surface area contributed by atoms with Crippen molar-refractivity contribution in [2.75, 3.05) is 15.4 Å². The monoisotopic (exact) mass is 386 g/mol. The fourth-order valence-electron chi connectivity index (χ4n) is 3.42. The van der Waals surface area contributed by atoms with Crippen LogP contribution >= 0.6 is 0 Å². The van der Waals surface area contributed by atoms with Crippen molar-refractivity contribution in [1.82, 2.24) is 0 Å². The summed E-state index contributed by atoms with van der Waals surface area (Å²) >= 11 is 0. The van der Waals surface area contributed by atoms with Gasteiger partial charge >= 0.3 is 0 Å². The van der Waals surface area contributed by atoms with E-state index in [9.17, 15) is 18.0 Å². The Morgan fingerprint density at radius 2 is 1.74 bits per heavy atom. The van der Waals surface area contributed by atoms with Gasteiger partial charge in [-0.25, -0.2) is 12.7 Å². The molecule has 1 heterocycles. The summed E-state index contributed by atoms with van der Waals surface area (Å²) in [7, 11) is -3.71. The van der Waals surface area contributed by atoms with E-state index >= 15 is 0 Å². The Kier molecular flexibility index (Phi) is 4.82. The highest BCUT2D eigenvalue weighted by atomic mass is 32.2. The smallest absolute Gasteiger partial charge is 0.255 e. The van der Waals surface area contributed by atoms with Crippen LogP contribution in [-0.4, -0.2) is 26.0 Å². The van der Waals surface area contributed by atoms with E-state index in [2.05, 4.69) is 5.32 Å². The number of amides is 2. The van der Waals surface area contributed by atoms with Crippen LogP contribution in [0.4, 0.5) is 11.4 Å². The molecule has 0 unspecified atom stereocenters. The van der Waals surface area contributed by atoms with Gasteiger partial charge < -0.3 is 5.32 Å². The standard InChI is InChI=1S/C20H22N2O4S/c1-12-8-13(2)18(14(3)9-12)21-19(23)16-6-5-7-17(10-16)22-20(24)15(4)11-27(22,25)26/h5-10,15H,11H2,1-4H3,(H,21,23)/t15-/m1/s1. The number of nitrogens with one attached hydrogen (secondary N) is 1. The molecule has 0 aliphatic carbocycles. The van der Waals surface area contributed by atoms with Crippen LogP contribution in [0.25, 0.3) is 0 Å². The van der Waals surface area contributed by atoms with E-state index in [0.717, 1.165) is 26.7 Å². The Hall–Kier alpha value is -2.67. The van der Waals surface area contributed by atoms with E-state index in [1.165, 1.54) is 12.1 Å². The zero-order chi connectivity index (χ0) is 19.9. The molecule has 1 N–H and O–H groups in total. The molecule has 0 spiro atoms. The van der Waals surface area contributed by atoms with Crippen molar-refractivity contribution in [3.63, 3.8) is 0 Å². The van der Waals surface area contributed by atoms with Gasteiger partial charge in [-0.3, -0.25) is 9.59 Å². The lowest BCUT2D eigenvalue weighted by atomic mass is 10.0. The minimum absolute atomic E-state index is 0.189. The van der Waals surface area contributed by atoms with Gasteiger partial charge in [-0.2, -0.15) is 0 Å². The second kappa shape index (κ2) is 6.81. The first-order valence-corrected chi connectivity index (χ1v) is 10.3. The maximum Gasteiger partial charge on any atom is 0.255 e. The molecule has 1 saturated heterocycles. The van der Waals surface area contributed by atoms with Gasteiger partial charge in [0.05, 0.1) is 17.4 Å². The molecule has 0 bridgehead atoms. The minimum Gasteiger partial charge on any atom is -0.322 e. The van der Waals surface area contributed by atoms with Gasteiger partial charge in [0.15, 0.2) is 0 Å². The van der Waals surface area contributed by atoms with Crippen LogP contribution in [0.1, 0.15) is 34.0 Å². The zero-order valence-corrected chi connectivity index (χ0v) is 16.6. The molecular weight excluding hydrogens is 364 g/mol. The van der Waals surface area contributed by atoms with E-state index in [4.69, 9.17) is 0 Å². The van der Waals surface area contributed by atoms with E-state index in [1.54, 1.807) is 19.1 Å². The van der Waals surface area contributed by atoms with Crippen LogP contribution in [0.15, 0.2) is 36.4 Å². The molecule has 1 aliphatic heterocycles. The topological polar surface area (TPSA) is 83.6 Å². The number of carbonyl (C=O) groups is 2. The van der Waals surface area contributed by atoms with Crippen molar-refractivity contribution in [2.45, 2.75) is 27.7 Å². The molecule has 0 radical (unpaired) electrons. The van der Waals surface area contributed by atoms with Gasteiger partial charge in [0.25, 0.3) is 5.91 Å². The van der Waals surface area contributed by atoms with Gasteiger partial charge in [-0.05, 0) is 50.1 Å². The number of sulfonamides is 1. The molecule has 2 aromatic carbocycles. The van der Waals surface area contributed by atoms with Crippen LogP contribution in [0.3, 0.4) is 0 Å². The van der Waals surface area contributed by atoms with Gasteiger partial charge in [0.2, 0.25) is 15.9 Å². The summed E-state index contributed by atoms with van der Waals surface area (Å²) in [5, 5.41) is 2.89. The van der Waals surface area contributed by atoms with E-state index < -0.39 is 21.8 Å². The van der Waals surface area contributed by atoms with Crippen molar-refractivity contribution in [3.8, 4) is 0 Å². The molecule has 3 rings (SSSR count). The van der Waals surface area contributed by atoms with Gasteiger partial charge in [-0.15, -0.1) is 0 Å². The average Bonchev–Trinajstić information content (AvgIpc) is 2.78. The largest absolute Gasteiger partial charge is 0.322 e. The summed E-state index contributed by atoms with van der Waals surface area (Å²) in [6.07, 6.45) is 0. The number of aryl methyl sites for hydroxylation is 3. The van der Waals surface area contributed by atoms with E-state index in [0.29, 0.717) is 0 Å². The quantitative estimate of drug-likeness (QED) is 0.878. The van der Waals surface area contributed by atoms with Gasteiger partial charge in [0.1, 0.15) is 0 Å². The molecule has 0 aromatic heterocycles. The lowest BCUT2D eigenvalue weighted by Crippen LogP contribution is -2.30. The van der Waals surface area contributed by atoms with Crippen molar-refractivity contribution in [2.24, 2.45) is 5.92 Å². The Balaban J connectivity index is 1.93. The predicted octanol–water partition coefficient (Wildman–Crippen LogP) is 3.18. The third kappa shape index (κ3) is 3.60. The molecule has 6 nitrogen and oxygen atoms in total. The first-order chi connectivity index (χ1) is 12.6. The first kappa shape index (κ1) is 19.1. The average molecular weight is 386 g/mol. The van der Waals surface area contributed by atoms with Crippen molar-refractivity contribution in [3.05, 3.63) is 58.7 Å². The van der Waals surface area contributed by atoms with Crippen molar-refractivity contribution < 1.29 is 18.0 Å². The Morgan fingerprint density at radius 3 is 2.30 bits per heavy atom. The summed E-state index contributed by atoms with van der Waals surface area (Å²) in [6.45, 7) is 7.41. The molecule has 1 atom stereocenters. The summed E-state index contributed by atoms with van der Waals surface area (Å²) in [5.74, 6) is -1.64. The molecule has 1 aliphatic rings. The van der Waals surface area contributed by atoms with E-state index in [1.807, 2.05) is 32.9 Å². The SMILES string of the molecule is Cc1cc(C)c(NC(=O)c2cccc(N3C(=O)[C@H](C)CS3(=O)=O)c2)c(C)c1. The molecule has 2 amide bonds. The highest BCUT2D eigenvalue weighted by Crippen LogP contribution is 2.29. The molecule has 2 aromatic rings. The third-order valence-electron chi connectivity index (χ3n) is 4.62. The van der Waals surface area contributed by atoms with Crippen LogP contribution in [0.5, 0.6) is 0 Å². The Bertz CT molecular complexity index is 1020. The predicted molar refractivity (Wildman–Crippen MR) is 105 cm³/mol. The van der Waals surface area contributed by atoms with E-state index in [-0.39, 0.29) is 22.9 Å². The number of hydrogen-bond donors (Lipinski definition) is 1. The minimum atomic E-state index is -3.71. The van der Waals surface area contributed by atoms with Gasteiger partial charge in [-0.1, -0.05) is 30.7 Å². The molecular formula is C20H22N2O4S. The first-order valence-electron chi connectivity index (χ1n) is 8.66. The number of anilines is 2. The van der Waals surface area contributed by atoms with Crippen LogP contribution in [0.2, 0.25) is 0 Å². The van der Waals surface area contributed by atoms with Crippen molar-refractivity contribution in [1.29, 1.82) is 0 Å². The second-order valence-corrected chi connectivity index (χ2v) is 8.92. The number of carbonyl (C=O) groups excluding carboxylic acids is 2. The van der Waals surface area contributed by atoms with Gasteiger partial charge in [0, 0.05) is 11.3 Å². The summed E-state index contributed by atoms with van der Waals surface area (Å²) in [6, 6.07) is 10.1. The zero-order valence-electron chi connectivity index (χ0n) is 15.7. The van der Waals surface area contributed by atoms with Crippen LogP contribution < -0.4 is 9.62 Å². The Morgan fingerprint density at radius 1 is 1.11 bits per heavy atom. The molecule has 27 heavy (non-hydrogen) atoms. The Labute approximate surface area is 159 Å². The number of nitrogens with zero attached hydrogens (tertiary/aromatic N) is 1.